The van der Waals surface area contributed by atoms with Crippen molar-refractivity contribution in [1.82, 2.24) is 18.9 Å². The van der Waals surface area contributed by atoms with E-state index in [1.807, 2.05) is 29.5 Å². The van der Waals surface area contributed by atoms with Gasteiger partial charge in [-0.3, -0.25) is 18.6 Å². The summed E-state index contributed by atoms with van der Waals surface area (Å²) in [5, 5.41) is 4.20. The zero-order valence-corrected chi connectivity index (χ0v) is 13.0. The van der Waals surface area contributed by atoms with Crippen molar-refractivity contribution in [3.8, 4) is 0 Å². The van der Waals surface area contributed by atoms with Crippen LogP contribution in [-0.2, 0) is 20.1 Å². The van der Waals surface area contributed by atoms with Gasteiger partial charge in [-0.2, -0.15) is 5.10 Å². The number of hydrogen-bond acceptors (Lipinski definition) is 3. The van der Waals surface area contributed by atoms with Crippen LogP contribution in [-0.4, -0.2) is 18.9 Å². The molecule has 0 N–H and O–H groups in total. The van der Waals surface area contributed by atoms with Crippen molar-refractivity contribution >= 4 is 22.6 Å². The van der Waals surface area contributed by atoms with Gasteiger partial charge in [-0.15, -0.1) is 0 Å². The van der Waals surface area contributed by atoms with E-state index in [4.69, 9.17) is 0 Å². The molecule has 19 heavy (non-hydrogen) atoms. The summed E-state index contributed by atoms with van der Waals surface area (Å²) >= 11 is 1.96. The normalized spacial score (nSPS) is 10.9. The predicted molar refractivity (Wildman–Crippen MR) is 80.3 cm³/mol. The molecule has 0 aliphatic carbocycles. The number of halogens is 1. The first kappa shape index (κ1) is 14.0. The van der Waals surface area contributed by atoms with Crippen LogP contribution in [0.25, 0.3) is 0 Å². The Morgan fingerprint density at radius 3 is 2.68 bits per heavy atom. The second kappa shape index (κ2) is 5.72. The highest BCUT2D eigenvalue weighted by atomic mass is 127. The van der Waals surface area contributed by atoms with Gasteiger partial charge in [-0.1, -0.05) is 6.92 Å². The van der Waals surface area contributed by atoms with Crippen LogP contribution in [0.15, 0.2) is 28.0 Å². The fourth-order valence-corrected chi connectivity index (χ4v) is 2.50. The highest BCUT2D eigenvalue weighted by Crippen LogP contribution is 1.99. The minimum absolute atomic E-state index is 0.207. The molecule has 6 nitrogen and oxygen atoms in total. The largest absolute Gasteiger partial charge is 0.331 e. The summed E-state index contributed by atoms with van der Waals surface area (Å²) in [5.41, 5.74) is 0.160. The smallest absolute Gasteiger partial charge is 0.299 e. The molecule has 2 aromatic rings. The number of rotatable bonds is 4. The Kier molecular flexibility index (Phi) is 4.23. The zero-order chi connectivity index (χ0) is 14.0. The Bertz CT molecular complexity index is 698. The van der Waals surface area contributed by atoms with E-state index in [1.54, 1.807) is 34.8 Å². The maximum absolute atomic E-state index is 12.2. The van der Waals surface area contributed by atoms with Gasteiger partial charge in [0.1, 0.15) is 0 Å². The van der Waals surface area contributed by atoms with Crippen LogP contribution >= 0.6 is 22.6 Å². The number of hydrogen-bond donors (Lipinski definition) is 0. The van der Waals surface area contributed by atoms with Crippen LogP contribution < -0.4 is 11.2 Å². The van der Waals surface area contributed by atoms with Crippen molar-refractivity contribution in [3.05, 3.63) is 48.6 Å². The molecule has 102 valence electrons. The number of aromatic nitrogens is 4. The fraction of sp³-hybridized carbons (Fsp3) is 0.417. The molecule has 0 aromatic carbocycles. The molecule has 0 fully saturated rings. The molecule has 0 unspecified atom stereocenters. The standard InChI is InChI=1S/C12H15IN4O2/c1-3-5-16-8-10(13)11(18)17(12(16)19)7-9-4-6-15(2)14-9/h4,6,8H,3,5,7H2,1-2H3. The fourth-order valence-electron chi connectivity index (χ4n) is 1.87. The summed E-state index contributed by atoms with van der Waals surface area (Å²) in [6.07, 6.45) is 4.25. The Labute approximate surface area is 123 Å². The van der Waals surface area contributed by atoms with E-state index in [0.717, 1.165) is 6.42 Å². The maximum atomic E-state index is 12.2. The molecule has 0 aliphatic heterocycles. The SMILES string of the molecule is CCCn1cc(I)c(=O)n(Cc2ccn(C)n2)c1=O. The Balaban J connectivity index is 2.49. The van der Waals surface area contributed by atoms with E-state index < -0.39 is 0 Å². The molecule has 0 saturated carbocycles. The van der Waals surface area contributed by atoms with E-state index in [0.29, 0.717) is 15.8 Å². The van der Waals surface area contributed by atoms with Crippen LogP contribution in [0.2, 0.25) is 0 Å². The lowest BCUT2D eigenvalue weighted by Gasteiger charge is -2.09. The molecule has 0 aliphatic rings. The molecule has 2 aromatic heterocycles. The van der Waals surface area contributed by atoms with Crippen molar-refractivity contribution in [3.63, 3.8) is 0 Å². The first-order chi connectivity index (χ1) is 9.02. The Hall–Kier alpha value is -1.38. The first-order valence-corrected chi connectivity index (χ1v) is 7.09. The van der Waals surface area contributed by atoms with Crippen molar-refractivity contribution in [1.29, 1.82) is 0 Å². The van der Waals surface area contributed by atoms with Crippen molar-refractivity contribution in [2.75, 3.05) is 0 Å². The number of aryl methyl sites for hydroxylation is 2. The van der Waals surface area contributed by atoms with Gasteiger partial charge in [0.2, 0.25) is 0 Å². The minimum Gasteiger partial charge on any atom is -0.299 e. The highest BCUT2D eigenvalue weighted by molar-refractivity contribution is 14.1. The summed E-state index contributed by atoms with van der Waals surface area (Å²) in [5.74, 6) is 0. The van der Waals surface area contributed by atoms with Gasteiger partial charge < -0.3 is 0 Å². The van der Waals surface area contributed by atoms with Gasteiger partial charge in [0.05, 0.1) is 15.8 Å². The van der Waals surface area contributed by atoms with Crippen LogP contribution in [0.1, 0.15) is 19.0 Å². The first-order valence-electron chi connectivity index (χ1n) is 6.01. The van der Waals surface area contributed by atoms with Crippen LogP contribution in [0.4, 0.5) is 0 Å². The third kappa shape index (κ3) is 2.96. The average molecular weight is 374 g/mol. The van der Waals surface area contributed by atoms with Gasteiger partial charge in [0.25, 0.3) is 5.56 Å². The monoisotopic (exact) mass is 374 g/mol. The third-order valence-corrected chi connectivity index (χ3v) is 3.49. The second-order valence-electron chi connectivity index (χ2n) is 4.33. The molecule has 0 atom stereocenters. The van der Waals surface area contributed by atoms with Crippen molar-refractivity contribution in [2.24, 2.45) is 7.05 Å². The summed E-state index contributed by atoms with van der Waals surface area (Å²) in [7, 11) is 1.80. The summed E-state index contributed by atoms with van der Waals surface area (Å²) in [4.78, 5) is 24.3. The van der Waals surface area contributed by atoms with E-state index in [-0.39, 0.29) is 17.8 Å². The molecule has 0 spiro atoms. The van der Waals surface area contributed by atoms with Gasteiger partial charge in [-0.05, 0) is 35.1 Å². The zero-order valence-electron chi connectivity index (χ0n) is 10.8. The lowest BCUT2D eigenvalue weighted by atomic mass is 10.4. The lowest BCUT2D eigenvalue weighted by Crippen LogP contribution is -2.41. The third-order valence-electron chi connectivity index (χ3n) is 2.75. The molecular weight excluding hydrogens is 359 g/mol. The molecule has 2 heterocycles. The van der Waals surface area contributed by atoms with Crippen LogP contribution in [0, 0.1) is 3.57 Å². The highest BCUT2D eigenvalue weighted by Gasteiger charge is 2.10. The summed E-state index contributed by atoms with van der Waals surface area (Å²) < 4.78 is 5.01. The van der Waals surface area contributed by atoms with E-state index in [1.165, 1.54) is 4.57 Å². The predicted octanol–water partition coefficient (Wildman–Crippen LogP) is 0.806. The molecular formula is C12H15IN4O2. The minimum atomic E-state index is -0.280. The van der Waals surface area contributed by atoms with Gasteiger partial charge >= 0.3 is 5.69 Å². The van der Waals surface area contributed by atoms with Crippen molar-refractivity contribution in [2.45, 2.75) is 26.4 Å². The molecule has 0 radical (unpaired) electrons. The van der Waals surface area contributed by atoms with Gasteiger partial charge in [-0.25, -0.2) is 4.79 Å². The average Bonchev–Trinajstić information content (AvgIpc) is 2.77. The van der Waals surface area contributed by atoms with Crippen LogP contribution in [0.5, 0.6) is 0 Å². The molecule has 0 bridgehead atoms. The van der Waals surface area contributed by atoms with E-state index >= 15 is 0 Å². The van der Waals surface area contributed by atoms with Gasteiger partial charge in [0.15, 0.2) is 0 Å². The Morgan fingerprint density at radius 2 is 2.11 bits per heavy atom. The van der Waals surface area contributed by atoms with Crippen LogP contribution in [0.3, 0.4) is 0 Å². The second-order valence-corrected chi connectivity index (χ2v) is 5.49. The molecule has 0 saturated heterocycles. The lowest BCUT2D eigenvalue weighted by molar-refractivity contribution is 0.560. The Morgan fingerprint density at radius 1 is 1.37 bits per heavy atom. The van der Waals surface area contributed by atoms with Gasteiger partial charge in [0, 0.05) is 26.0 Å². The topological polar surface area (TPSA) is 61.8 Å². The molecule has 7 heteroatoms. The maximum Gasteiger partial charge on any atom is 0.331 e. The van der Waals surface area contributed by atoms with E-state index in [2.05, 4.69) is 5.10 Å². The summed E-state index contributed by atoms with van der Waals surface area (Å²) in [6.45, 7) is 2.81. The quantitative estimate of drug-likeness (QED) is 0.745. The number of nitrogens with zero attached hydrogens (tertiary/aromatic N) is 4. The van der Waals surface area contributed by atoms with E-state index in [9.17, 15) is 9.59 Å². The van der Waals surface area contributed by atoms with Crippen molar-refractivity contribution < 1.29 is 0 Å². The summed E-state index contributed by atoms with van der Waals surface area (Å²) in [6, 6.07) is 1.80. The molecule has 0 amide bonds. The molecule has 2 rings (SSSR count).